The molecule has 5 nitrogen and oxygen atoms in total. The number of anilines is 2. The lowest BCUT2D eigenvalue weighted by atomic mass is 10.2. The monoisotopic (exact) mass is 358 g/mol. The molecular weight excluding hydrogens is 340 g/mol. The quantitative estimate of drug-likeness (QED) is 0.846. The Bertz CT molecular complexity index is 851. The van der Waals surface area contributed by atoms with Crippen LogP contribution < -0.4 is 15.0 Å². The number of amides is 2. The molecule has 1 fully saturated rings. The maximum Gasteiger partial charge on any atom is 0.256 e. The van der Waals surface area contributed by atoms with Crippen molar-refractivity contribution in [3.63, 3.8) is 0 Å². The molecule has 1 saturated heterocycles. The van der Waals surface area contributed by atoms with Gasteiger partial charge in [-0.25, -0.2) is 4.90 Å². The van der Waals surface area contributed by atoms with E-state index in [1.165, 1.54) is 12.0 Å². The van der Waals surface area contributed by atoms with Gasteiger partial charge in [-0.15, -0.1) is 0 Å². The normalized spacial score (nSPS) is 17.1. The molecule has 2 aromatic carbocycles. The molecule has 6 heteroatoms. The van der Waals surface area contributed by atoms with E-state index in [0.717, 1.165) is 16.8 Å². The van der Waals surface area contributed by atoms with Crippen LogP contribution in [-0.4, -0.2) is 25.0 Å². The average Bonchev–Trinajstić information content (AvgIpc) is 2.83. The van der Waals surface area contributed by atoms with Crippen molar-refractivity contribution in [2.75, 3.05) is 17.3 Å². The highest BCUT2D eigenvalue weighted by Crippen LogP contribution is 2.36. The van der Waals surface area contributed by atoms with E-state index in [0.29, 0.717) is 16.5 Å². The van der Waals surface area contributed by atoms with Gasteiger partial charge >= 0.3 is 0 Å². The minimum absolute atomic E-state index is 0.0948. The summed E-state index contributed by atoms with van der Waals surface area (Å²) in [4.78, 5) is 26.5. The lowest BCUT2D eigenvalue weighted by molar-refractivity contribution is -0.121. The van der Waals surface area contributed by atoms with Gasteiger partial charge in [-0.3, -0.25) is 9.59 Å². The Kier molecular flexibility index (Phi) is 4.68. The molecule has 0 aliphatic carbocycles. The molecular formula is C19H19ClN2O3. The zero-order chi connectivity index (χ0) is 18.1. The highest BCUT2D eigenvalue weighted by Gasteiger charge is 2.41. The van der Waals surface area contributed by atoms with Crippen LogP contribution in [0.3, 0.4) is 0 Å². The molecule has 0 aromatic heterocycles. The first kappa shape index (κ1) is 17.3. The zero-order valence-corrected chi connectivity index (χ0v) is 15.1. The number of nitrogens with one attached hydrogen (secondary N) is 1. The van der Waals surface area contributed by atoms with E-state index in [-0.39, 0.29) is 18.2 Å². The van der Waals surface area contributed by atoms with Crippen LogP contribution in [0, 0.1) is 13.8 Å². The predicted molar refractivity (Wildman–Crippen MR) is 98.4 cm³/mol. The summed E-state index contributed by atoms with van der Waals surface area (Å²) in [5, 5.41) is 3.67. The molecule has 1 heterocycles. The Hall–Kier alpha value is -2.53. The Morgan fingerprint density at radius 2 is 1.96 bits per heavy atom. The first-order valence-electron chi connectivity index (χ1n) is 7.95. The second-order valence-electron chi connectivity index (χ2n) is 6.11. The van der Waals surface area contributed by atoms with Crippen LogP contribution in [0.4, 0.5) is 11.4 Å². The van der Waals surface area contributed by atoms with Crippen LogP contribution in [0.25, 0.3) is 0 Å². The van der Waals surface area contributed by atoms with Gasteiger partial charge in [0, 0.05) is 16.8 Å². The van der Waals surface area contributed by atoms with Crippen LogP contribution in [-0.2, 0) is 9.59 Å². The molecule has 25 heavy (non-hydrogen) atoms. The lowest BCUT2D eigenvalue weighted by Crippen LogP contribution is -2.35. The van der Waals surface area contributed by atoms with Crippen molar-refractivity contribution < 1.29 is 14.3 Å². The second kappa shape index (κ2) is 6.76. The molecule has 1 aliphatic heterocycles. The highest BCUT2D eigenvalue weighted by molar-refractivity contribution is 6.32. The first-order valence-corrected chi connectivity index (χ1v) is 8.32. The maximum absolute atomic E-state index is 12.8. The summed E-state index contributed by atoms with van der Waals surface area (Å²) in [6, 6.07) is 10.4. The van der Waals surface area contributed by atoms with E-state index in [2.05, 4.69) is 5.32 Å². The van der Waals surface area contributed by atoms with Gasteiger partial charge in [-0.1, -0.05) is 23.7 Å². The highest BCUT2D eigenvalue weighted by atomic mass is 35.5. The van der Waals surface area contributed by atoms with Crippen molar-refractivity contribution in [1.82, 2.24) is 0 Å². The van der Waals surface area contributed by atoms with Crippen LogP contribution in [0.2, 0.25) is 5.02 Å². The van der Waals surface area contributed by atoms with Gasteiger partial charge in [-0.2, -0.15) is 0 Å². The molecule has 1 atom stereocenters. The molecule has 0 saturated carbocycles. The molecule has 2 amide bonds. The number of rotatable bonds is 4. The molecule has 0 bridgehead atoms. The minimum atomic E-state index is -0.602. The largest absolute Gasteiger partial charge is 0.495 e. The summed E-state index contributed by atoms with van der Waals surface area (Å²) in [7, 11) is 1.48. The number of carbonyl (C=O) groups excluding carboxylic acids is 2. The second-order valence-corrected chi connectivity index (χ2v) is 6.52. The molecule has 0 unspecified atom stereocenters. The number of halogens is 1. The van der Waals surface area contributed by atoms with E-state index in [4.69, 9.17) is 16.3 Å². The molecule has 0 radical (unpaired) electrons. The van der Waals surface area contributed by atoms with Crippen LogP contribution in [0.15, 0.2) is 36.4 Å². The van der Waals surface area contributed by atoms with Gasteiger partial charge in [0.15, 0.2) is 0 Å². The van der Waals surface area contributed by atoms with Gasteiger partial charge in [0.2, 0.25) is 5.91 Å². The van der Waals surface area contributed by atoms with Crippen molar-refractivity contribution in [2.24, 2.45) is 0 Å². The Morgan fingerprint density at radius 1 is 1.20 bits per heavy atom. The van der Waals surface area contributed by atoms with Crippen molar-refractivity contribution in [2.45, 2.75) is 26.3 Å². The third-order valence-corrected chi connectivity index (χ3v) is 4.61. The molecule has 1 N–H and O–H groups in total. The summed E-state index contributed by atoms with van der Waals surface area (Å²) < 4.78 is 5.31. The van der Waals surface area contributed by atoms with Gasteiger partial charge in [-0.05, 0) is 43.2 Å². The molecule has 0 spiro atoms. The number of aryl methyl sites for hydroxylation is 2. The fraction of sp³-hybridized carbons (Fsp3) is 0.263. The van der Waals surface area contributed by atoms with Crippen LogP contribution >= 0.6 is 11.6 Å². The summed E-state index contributed by atoms with van der Waals surface area (Å²) >= 11 is 6.11. The standard InChI is InChI=1S/C19H19ClN2O3/c1-11-5-4-6-13(7-11)21-15-10-18(23)22(19(15)24)16-8-12(2)14(20)9-17(16)25-3/h4-9,15,21H,10H2,1-3H3/t15-/m0/s1. The van der Waals surface area contributed by atoms with Gasteiger partial charge in [0.1, 0.15) is 11.8 Å². The van der Waals surface area contributed by atoms with E-state index >= 15 is 0 Å². The average molecular weight is 359 g/mol. The van der Waals surface area contributed by atoms with E-state index in [1.54, 1.807) is 12.1 Å². The van der Waals surface area contributed by atoms with Gasteiger partial charge in [0.25, 0.3) is 5.91 Å². The Morgan fingerprint density at radius 3 is 2.64 bits per heavy atom. The van der Waals surface area contributed by atoms with Crippen molar-refractivity contribution >= 4 is 34.8 Å². The van der Waals surface area contributed by atoms with Crippen LogP contribution in [0.1, 0.15) is 17.5 Å². The van der Waals surface area contributed by atoms with Crippen LogP contribution in [0.5, 0.6) is 5.75 Å². The molecule has 3 rings (SSSR count). The van der Waals surface area contributed by atoms with E-state index < -0.39 is 6.04 Å². The Balaban J connectivity index is 1.91. The maximum atomic E-state index is 12.8. The van der Waals surface area contributed by atoms with Crippen molar-refractivity contribution in [3.8, 4) is 5.75 Å². The number of benzene rings is 2. The van der Waals surface area contributed by atoms with E-state index in [1.807, 2.05) is 38.1 Å². The topological polar surface area (TPSA) is 58.6 Å². The lowest BCUT2D eigenvalue weighted by Gasteiger charge is -2.20. The summed E-state index contributed by atoms with van der Waals surface area (Å²) in [5.41, 5.74) is 3.09. The van der Waals surface area contributed by atoms with E-state index in [9.17, 15) is 9.59 Å². The number of carbonyl (C=O) groups is 2. The number of methoxy groups -OCH3 is 1. The minimum Gasteiger partial charge on any atom is -0.495 e. The third kappa shape index (κ3) is 3.33. The zero-order valence-electron chi connectivity index (χ0n) is 14.3. The summed E-state index contributed by atoms with van der Waals surface area (Å²) in [5.74, 6) is -0.171. The molecule has 1 aliphatic rings. The third-order valence-electron chi connectivity index (χ3n) is 4.21. The summed E-state index contributed by atoms with van der Waals surface area (Å²) in [6.07, 6.45) is 0.0948. The number of nitrogens with zero attached hydrogens (tertiary/aromatic N) is 1. The van der Waals surface area contributed by atoms with Crippen molar-refractivity contribution in [1.29, 1.82) is 0 Å². The van der Waals surface area contributed by atoms with Gasteiger partial charge in [0.05, 0.1) is 19.2 Å². The number of ether oxygens (including phenoxy) is 1. The summed E-state index contributed by atoms with van der Waals surface area (Å²) in [6.45, 7) is 3.79. The number of hydrogen-bond acceptors (Lipinski definition) is 4. The number of hydrogen-bond donors (Lipinski definition) is 1. The SMILES string of the molecule is COc1cc(Cl)c(C)cc1N1C(=O)C[C@H](Nc2cccc(C)c2)C1=O. The fourth-order valence-electron chi connectivity index (χ4n) is 2.92. The smallest absolute Gasteiger partial charge is 0.256 e. The van der Waals surface area contributed by atoms with Gasteiger partial charge < -0.3 is 10.1 Å². The Labute approximate surface area is 151 Å². The predicted octanol–water partition coefficient (Wildman–Crippen LogP) is 3.71. The molecule has 130 valence electrons. The number of imide groups is 1. The van der Waals surface area contributed by atoms with Crippen molar-refractivity contribution in [3.05, 3.63) is 52.5 Å². The fourth-order valence-corrected chi connectivity index (χ4v) is 3.07. The molecule has 2 aromatic rings. The first-order chi connectivity index (χ1) is 11.9.